The molecule has 1 aliphatic heterocycles. The summed E-state index contributed by atoms with van der Waals surface area (Å²) in [4.78, 5) is 12.2. The fraction of sp³-hybridized carbons (Fsp3) is 0.800. The van der Waals surface area contributed by atoms with E-state index in [9.17, 15) is 13.2 Å². The average molecular weight is 299 g/mol. The van der Waals surface area contributed by atoms with Gasteiger partial charge in [0.05, 0.1) is 17.4 Å². The van der Waals surface area contributed by atoms with E-state index < -0.39 is 9.84 Å². The van der Waals surface area contributed by atoms with Crippen molar-refractivity contribution in [1.82, 2.24) is 5.32 Å². The number of hydrogen-bond acceptors (Lipinski definition) is 3. The monoisotopic (exact) mass is 299 g/mol. The topological polar surface area (TPSA) is 63.2 Å². The highest BCUT2D eigenvalue weighted by Gasteiger charge is 2.60. The van der Waals surface area contributed by atoms with Crippen molar-refractivity contribution < 1.29 is 13.2 Å². The summed E-state index contributed by atoms with van der Waals surface area (Å²) in [5.74, 6) is 0.978. The van der Waals surface area contributed by atoms with Gasteiger partial charge in [0, 0.05) is 6.54 Å². The van der Waals surface area contributed by atoms with Gasteiger partial charge in [-0.15, -0.1) is 0 Å². The predicted octanol–water partition coefficient (Wildman–Crippen LogP) is 1.78. The van der Waals surface area contributed by atoms with E-state index in [0.29, 0.717) is 18.9 Å². The van der Waals surface area contributed by atoms with E-state index in [1.165, 1.54) is 5.57 Å². The lowest BCUT2D eigenvalue weighted by atomic mass is 10.1. The van der Waals surface area contributed by atoms with Crippen molar-refractivity contribution in [1.29, 1.82) is 0 Å². The normalized spacial score (nSPS) is 33.5. The Balaban J connectivity index is 1.86. The molecule has 0 aromatic carbocycles. The first-order chi connectivity index (χ1) is 9.13. The number of nitrogens with one attached hydrogen (secondary N) is 1. The second-order valence-electron chi connectivity index (χ2n) is 7.08. The molecule has 1 amide bonds. The lowest BCUT2D eigenvalue weighted by Gasteiger charge is -2.10. The van der Waals surface area contributed by atoms with Crippen molar-refractivity contribution >= 4 is 15.7 Å². The van der Waals surface area contributed by atoms with E-state index in [2.05, 4.69) is 25.2 Å². The van der Waals surface area contributed by atoms with Gasteiger partial charge in [-0.25, -0.2) is 8.42 Å². The lowest BCUT2D eigenvalue weighted by Crippen LogP contribution is -2.32. The van der Waals surface area contributed by atoms with Crippen molar-refractivity contribution in [3.63, 3.8) is 0 Å². The van der Waals surface area contributed by atoms with Crippen molar-refractivity contribution in [2.75, 3.05) is 18.1 Å². The molecule has 20 heavy (non-hydrogen) atoms. The summed E-state index contributed by atoms with van der Waals surface area (Å²) in [5.41, 5.74) is 1.25. The van der Waals surface area contributed by atoms with Gasteiger partial charge in [0.25, 0.3) is 0 Å². The molecule has 1 aliphatic carbocycles. The molecule has 5 heteroatoms. The fourth-order valence-corrected chi connectivity index (χ4v) is 5.10. The minimum atomic E-state index is -2.86. The SMILES string of the molecule is CC(C)=C[C@@H]1[C@@H](C(=O)NC[C@H]2CCS(=O)(=O)C2)C1(C)C. The van der Waals surface area contributed by atoms with Gasteiger partial charge in [0.15, 0.2) is 9.84 Å². The van der Waals surface area contributed by atoms with Gasteiger partial charge in [-0.2, -0.15) is 0 Å². The molecule has 0 radical (unpaired) electrons. The van der Waals surface area contributed by atoms with E-state index in [1.54, 1.807) is 0 Å². The van der Waals surface area contributed by atoms with Crippen LogP contribution < -0.4 is 5.32 Å². The molecule has 114 valence electrons. The van der Waals surface area contributed by atoms with Crippen LogP contribution >= 0.6 is 0 Å². The fourth-order valence-electron chi connectivity index (χ4n) is 3.24. The Bertz CT molecular complexity index is 529. The predicted molar refractivity (Wildman–Crippen MR) is 80.0 cm³/mol. The Kier molecular flexibility index (Phi) is 4.02. The van der Waals surface area contributed by atoms with Crippen molar-refractivity contribution in [2.24, 2.45) is 23.2 Å². The van der Waals surface area contributed by atoms with Gasteiger partial charge < -0.3 is 5.32 Å². The molecule has 0 aromatic heterocycles. The molecule has 0 unspecified atom stereocenters. The molecule has 0 bridgehead atoms. The molecule has 4 nitrogen and oxygen atoms in total. The minimum absolute atomic E-state index is 0.0170. The molecule has 0 spiro atoms. The second kappa shape index (κ2) is 5.17. The van der Waals surface area contributed by atoms with Crippen LogP contribution in [-0.2, 0) is 14.6 Å². The van der Waals surface area contributed by atoms with Crippen LogP contribution in [0.2, 0.25) is 0 Å². The van der Waals surface area contributed by atoms with Crippen LogP contribution in [0.4, 0.5) is 0 Å². The lowest BCUT2D eigenvalue weighted by molar-refractivity contribution is -0.123. The molecule has 3 atom stereocenters. The van der Waals surface area contributed by atoms with E-state index in [-0.39, 0.29) is 34.7 Å². The van der Waals surface area contributed by atoms with Crippen molar-refractivity contribution in [3.8, 4) is 0 Å². The summed E-state index contributed by atoms with van der Waals surface area (Å²) in [5, 5.41) is 2.95. The Morgan fingerprint density at radius 3 is 2.50 bits per heavy atom. The van der Waals surface area contributed by atoms with Crippen LogP contribution in [0.25, 0.3) is 0 Å². The van der Waals surface area contributed by atoms with E-state index in [1.807, 2.05) is 13.8 Å². The first-order valence-electron chi connectivity index (χ1n) is 7.26. The standard InChI is InChI=1S/C15H25NO3S/c1-10(2)7-12-13(15(12,3)4)14(17)16-8-11-5-6-20(18,19)9-11/h7,11-13H,5-6,8-9H2,1-4H3,(H,16,17)/t11-,12-,13+/m1/s1. The summed E-state index contributed by atoms with van der Waals surface area (Å²) in [6.45, 7) is 8.81. The number of amides is 1. The number of rotatable bonds is 4. The van der Waals surface area contributed by atoms with Gasteiger partial charge in [0.2, 0.25) is 5.91 Å². The van der Waals surface area contributed by atoms with Crippen LogP contribution in [0.15, 0.2) is 11.6 Å². The van der Waals surface area contributed by atoms with Crippen molar-refractivity contribution in [3.05, 3.63) is 11.6 Å². The molecular formula is C15H25NO3S. The van der Waals surface area contributed by atoms with Gasteiger partial charge in [-0.1, -0.05) is 25.5 Å². The summed E-state index contributed by atoms with van der Waals surface area (Å²) < 4.78 is 22.8. The number of carbonyl (C=O) groups is 1. The van der Waals surface area contributed by atoms with Crippen LogP contribution in [0, 0.1) is 23.2 Å². The molecule has 1 saturated heterocycles. The zero-order chi connectivity index (χ0) is 15.1. The number of sulfone groups is 1. The van der Waals surface area contributed by atoms with Gasteiger partial charge in [-0.05, 0) is 37.5 Å². The summed E-state index contributed by atoms with van der Waals surface area (Å²) >= 11 is 0. The number of hydrogen-bond donors (Lipinski definition) is 1. The molecule has 1 N–H and O–H groups in total. The van der Waals surface area contributed by atoms with Gasteiger partial charge in [0.1, 0.15) is 0 Å². The number of carbonyl (C=O) groups excluding carboxylic acids is 1. The second-order valence-corrected chi connectivity index (χ2v) is 9.31. The molecule has 2 aliphatic rings. The summed E-state index contributed by atoms with van der Waals surface area (Å²) in [6, 6.07) is 0. The van der Waals surface area contributed by atoms with E-state index in [4.69, 9.17) is 0 Å². The van der Waals surface area contributed by atoms with Crippen LogP contribution in [-0.4, -0.2) is 32.4 Å². The Morgan fingerprint density at radius 1 is 1.35 bits per heavy atom. The van der Waals surface area contributed by atoms with Crippen molar-refractivity contribution in [2.45, 2.75) is 34.1 Å². The van der Waals surface area contributed by atoms with E-state index >= 15 is 0 Å². The molecule has 2 rings (SSSR count). The summed E-state index contributed by atoms with van der Waals surface area (Å²) in [6.07, 6.45) is 2.85. The third-order valence-electron chi connectivity index (χ3n) is 4.60. The average Bonchev–Trinajstić information content (AvgIpc) is 2.65. The van der Waals surface area contributed by atoms with Crippen LogP contribution in [0.3, 0.4) is 0 Å². The quantitative estimate of drug-likeness (QED) is 0.805. The zero-order valence-corrected chi connectivity index (χ0v) is 13.6. The third kappa shape index (κ3) is 3.25. The zero-order valence-electron chi connectivity index (χ0n) is 12.8. The van der Waals surface area contributed by atoms with Gasteiger partial charge >= 0.3 is 0 Å². The highest BCUT2D eigenvalue weighted by Crippen LogP contribution is 2.59. The number of allylic oxidation sites excluding steroid dienone is 2. The highest BCUT2D eigenvalue weighted by atomic mass is 32.2. The largest absolute Gasteiger partial charge is 0.356 e. The molecular weight excluding hydrogens is 274 g/mol. The molecule has 0 aromatic rings. The smallest absolute Gasteiger partial charge is 0.224 e. The molecule has 1 heterocycles. The Morgan fingerprint density at radius 2 is 2.00 bits per heavy atom. The highest BCUT2D eigenvalue weighted by molar-refractivity contribution is 7.91. The first kappa shape index (κ1) is 15.5. The summed E-state index contributed by atoms with van der Waals surface area (Å²) in [7, 11) is -2.86. The van der Waals surface area contributed by atoms with E-state index in [0.717, 1.165) is 0 Å². The van der Waals surface area contributed by atoms with Gasteiger partial charge in [-0.3, -0.25) is 4.79 Å². The van der Waals surface area contributed by atoms with Crippen LogP contribution in [0.5, 0.6) is 0 Å². The third-order valence-corrected chi connectivity index (χ3v) is 6.43. The minimum Gasteiger partial charge on any atom is -0.356 e. The maximum absolute atomic E-state index is 12.2. The maximum Gasteiger partial charge on any atom is 0.224 e. The first-order valence-corrected chi connectivity index (χ1v) is 9.09. The maximum atomic E-state index is 12.2. The van der Waals surface area contributed by atoms with Crippen LogP contribution in [0.1, 0.15) is 34.1 Å². The Hall–Kier alpha value is -0.840. The molecule has 2 fully saturated rings. The Labute approximate surface area is 121 Å². The molecule has 1 saturated carbocycles.